The van der Waals surface area contributed by atoms with Crippen molar-refractivity contribution in [3.63, 3.8) is 0 Å². The highest BCUT2D eigenvalue weighted by Crippen LogP contribution is 2.22. The van der Waals surface area contributed by atoms with Gasteiger partial charge in [-0.15, -0.1) is 0 Å². The minimum absolute atomic E-state index is 0.165. The average molecular weight is 282 g/mol. The van der Waals surface area contributed by atoms with E-state index in [1.165, 1.54) is 34.4 Å². The first kappa shape index (κ1) is 12.5. The van der Waals surface area contributed by atoms with Crippen molar-refractivity contribution < 1.29 is 8.42 Å². The summed E-state index contributed by atoms with van der Waals surface area (Å²) in [4.78, 5) is 0.165. The average Bonchev–Trinajstić information content (AvgIpc) is 2.92. The molecule has 0 radical (unpaired) electrons. The second-order valence-electron chi connectivity index (χ2n) is 4.31. The van der Waals surface area contributed by atoms with Gasteiger partial charge < -0.3 is 0 Å². The van der Waals surface area contributed by atoms with Crippen LogP contribution in [0.4, 0.5) is 0 Å². The Bertz CT molecular complexity index is 916. The number of benzene rings is 2. The van der Waals surface area contributed by atoms with Crippen LogP contribution in [0.1, 0.15) is 5.56 Å². The summed E-state index contributed by atoms with van der Waals surface area (Å²) in [5, 5.41) is 9.62. The van der Waals surface area contributed by atoms with Crippen molar-refractivity contribution in [2.24, 2.45) is 0 Å². The standard InChI is InChI=1S/C15H10N2O2S/c16-11-12-5-7-14(8-6-12)20(18,19)17-10-9-13-3-1-2-4-15(13)17/h1-10H. The van der Waals surface area contributed by atoms with Gasteiger partial charge in [0.25, 0.3) is 10.0 Å². The fourth-order valence-corrected chi connectivity index (χ4v) is 3.44. The summed E-state index contributed by atoms with van der Waals surface area (Å²) in [6, 6.07) is 16.9. The van der Waals surface area contributed by atoms with E-state index in [2.05, 4.69) is 0 Å². The first-order valence-electron chi connectivity index (χ1n) is 5.95. The van der Waals surface area contributed by atoms with Crippen LogP contribution in [0.15, 0.2) is 65.7 Å². The molecule has 0 saturated heterocycles. The van der Waals surface area contributed by atoms with Crippen LogP contribution in [0.5, 0.6) is 0 Å². The van der Waals surface area contributed by atoms with Crippen molar-refractivity contribution in [3.05, 3.63) is 66.4 Å². The molecule has 0 atom stereocenters. The molecule has 0 bridgehead atoms. The molecule has 20 heavy (non-hydrogen) atoms. The van der Waals surface area contributed by atoms with Crippen LogP contribution in [-0.4, -0.2) is 12.4 Å². The van der Waals surface area contributed by atoms with Crippen LogP contribution < -0.4 is 0 Å². The van der Waals surface area contributed by atoms with Gasteiger partial charge in [0.2, 0.25) is 0 Å². The Morgan fingerprint density at radius 3 is 2.35 bits per heavy atom. The SMILES string of the molecule is N#Cc1ccc(S(=O)(=O)n2ccc3ccccc32)cc1. The molecular formula is C15H10N2O2S. The molecule has 3 rings (SSSR count). The molecule has 0 N–H and O–H groups in total. The molecular weight excluding hydrogens is 272 g/mol. The molecule has 1 heterocycles. The van der Waals surface area contributed by atoms with Crippen molar-refractivity contribution in [2.75, 3.05) is 0 Å². The molecule has 1 aromatic heterocycles. The second-order valence-corrected chi connectivity index (χ2v) is 6.13. The maximum Gasteiger partial charge on any atom is 0.268 e. The van der Waals surface area contributed by atoms with Gasteiger partial charge in [-0.1, -0.05) is 18.2 Å². The van der Waals surface area contributed by atoms with Gasteiger partial charge >= 0.3 is 0 Å². The highest BCUT2D eigenvalue weighted by molar-refractivity contribution is 7.90. The molecule has 0 unspecified atom stereocenters. The molecule has 0 aliphatic carbocycles. The Balaban J connectivity index is 2.18. The summed E-state index contributed by atoms with van der Waals surface area (Å²) in [6.45, 7) is 0. The summed E-state index contributed by atoms with van der Waals surface area (Å²) >= 11 is 0. The van der Waals surface area contributed by atoms with Crippen LogP contribution >= 0.6 is 0 Å². The van der Waals surface area contributed by atoms with Crippen molar-refractivity contribution >= 4 is 20.9 Å². The minimum atomic E-state index is -3.64. The lowest BCUT2D eigenvalue weighted by atomic mass is 10.2. The number of aromatic nitrogens is 1. The van der Waals surface area contributed by atoms with Crippen LogP contribution in [0.3, 0.4) is 0 Å². The third-order valence-electron chi connectivity index (χ3n) is 3.10. The lowest BCUT2D eigenvalue weighted by Crippen LogP contribution is -2.11. The van der Waals surface area contributed by atoms with Gasteiger partial charge in [-0.25, -0.2) is 12.4 Å². The molecule has 4 nitrogen and oxygen atoms in total. The normalized spacial score (nSPS) is 11.3. The van der Waals surface area contributed by atoms with E-state index in [1.807, 2.05) is 18.2 Å². The van der Waals surface area contributed by atoms with Gasteiger partial charge in [-0.2, -0.15) is 5.26 Å². The lowest BCUT2D eigenvalue weighted by molar-refractivity contribution is 0.589. The Morgan fingerprint density at radius 2 is 1.65 bits per heavy atom. The monoisotopic (exact) mass is 282 g/mol. The minimum Gasteiger partial charge on any atom is -0.241 e. The van der Waals surface area contributed by atoms with Crippen LogP contribution in [0.2, 0.25) is 0 Å². The van der Waals surface area contributed by atoms with Crippen molar-refractivity contribution in [1.29, 1.82) is 5.26 Å². The Labute approximate surface area is 116 Å². The molecule has 2 aromatic carbocycles. The number of rotatable bonds is 2. The van der Waals surface area contributed by atoms with Gasteiger partial charge in [0, 0.05) is 11.6 Å². The zero-order valence-corrected chi connectivity index (χ0v) is 11.2. The number of nitrogens with zero attached hydrogens (tertiary/aromatic N) is 2. The number of nitriles is 1. The van der Waals surface area contributed by atoms with E-state index in [9.17, 15) is 8.42 Å². The highest BCUT2D eigenvalue weighted by atomic mass is 32.2. The lowest BCUT2D eigenvalue weighted by Gasteiger charge is -2.07. The molecule has 98 valence electrons. The molecule has 3 aromatic rings. The smallest absolute Gasteiger partial charge is 0.241 e. The molecule has 0 aliphatic rings. The topological polar surface area (TPSA) is 62.9 Å². The van der Waals surface area contributed by atoms with E-state index < -0.39 is 10.0 Å². The highest BCUT2D eigenvalue weighted by Gasteiger charge is 2.18. The Hall–Kier alpha value is -2.58. The largest absolute Gasteiger partial charge is 0.268 e. The van der Waals surface area contributed by atoms with E-state index in [0.29, 0.717) is 11.1 Å². The quantitative estimate of drug-likeness (QED) is 0.726. The number of fused-ring (bicyclic) bond motifs is 1. The van der Waals surface area contributed by atoms with E-state index in [-0.39, 0.29) is 4.90 Å². The van der Waals surface area contributed by atoms with Crippen molar-refractivity contribution in [2.45, 2.75) is 4.90 Å². The van der Waals surface area contributed by atoms with E-state index in [4.69, 9.17) is 5.26 Å². The number of hydrogen-bond acceptors (Lipinski definition) is 3. The Morgan fingerprint density at radius 1 is 0.950 bits per heavy atom. The first-order valence-corrected chi connectivity index (χ1v) is 7.39. The van der Waals surface area contributed by atoms with E-state index >= 15 is 0 Å². The van der Waals surface area contributed by atoms with Gasteiger partial charge in [-0.05, 0) is 36.4 Å². The Kier molecular flexibility index (Phi) is 2.81. The second kappa shape index (κ2) is 4.51. The van der Waals surface area contributed by atoms with Gasteiger partial charge in [0.1, 0.15) is 0 Å². The number of hydrogen-bond donors (Lipinski definition) is 0. The molecule has 5 heteroatoms. The van der Waals surface area contributed by atoms with E-state index in [0.717, 1.165) is 5.39 Å². The number of para-hydroxylation sites is 1. The summed E-state index contributed by atoms with van der Waals surface area (Å²) in [5.41, 5.74) is 1.07. The van der Waals surface area contributed by atoms with Crippen LogP contribution in [0.25, 0.3) is 10.9 Å². The fraction of sp³-hybridized carbons (Fsp3) is 0. The summed E-state index contributed by atoms with van der Waals surface area (Å²) in [6.07, 6.45) is 1.54. The molecule has 0 aliphatic heterocycles. The summed E-state index contributed by atoms with van der Waals surface area (Å²) in [7, 11) is -3.64. The third kappa shape index (κ3) is 1.87. The van der Waals surface area contributed by atoms with E-state index in [1.54, 1.807) is 18.2 Å². The van der Waals surface area contributed by atoms with Gasteiger partial charge in [-0.3, -0.25) is 0 Å². The molecule has 0 saturated carbocycles. The molecule has 0 spiro atoms. The summed E-state index contributed by atoms with van der Waals surface area (Å²) < 4.78 is 26.4. The van der Waals surface area contributed by atoms with Crippen LogP contribution in [-0.2, 0) is 10.0 Å². The first-order chi connectivity index (χ1) is 9.63. The maximum absolute atomic E-state index is 12.6. The zero-order valence-electron chi connectivity index (χ0n) is 10.4. The van der Waals surface area contributed by atoms with Gasteiger partial charge in [0.15, 0.2) is 0 Å². The van der Waals surface area contributed by atoms with Crippen LogP contribution in [0, 0.1) is 11.3 Å². The zero-order chi connectivity index (χ0) is 14.2. The summed E-state index contributed by atoms with van der Waals surface area (Å²) in [5.74, 6) is 0. The van der Waals surface area contributed by atoms with Crippen molar-refractivity contribution in [1.82, 2.24) is 3.97 Å². The molecule has 0 fully saturated rings. The maximum atomic E-state index is 12.6. The molecule has 0 amide bonds. The van der Waals surface area contributed by atoms with Crippen molar-refractivity contribution in [3.8, 4) is 6.07 Å². The fourth-order valence-electron chi connectivity index (χ4n) is 2.08. The predicted octanol–water partition coefficient (Wildman–Crippen LogP) is 2.75. The predicted molar refractivity (Wildman–Crippen MR) is 75.7 cm³/mol. The third-order valence-corrected chi connectivity index (χ3v) is 4.81. The van der Waals surface area contributed by atoms with Gasteiger partial charge in [0.05, 0.1) is 22.0 Å².